The van der Waals surface area contributed by atoms with Gasteiger partial charge in [0.15, 0.2) is 11.5 Å². The molecule has 0 unspecified atom stereocenters. The number of rotatable bonds is 5. The van der Waals surface area contributed by atoms with E-state index in [1.807, 2.05) is 60.7 Å². The number of nitrogens with one attached hydrogen (secondary N) is 1. The van der Waals surface area contributed by atoms with Crippen LogP contribution in [0.1, 0.15) is 24.0 Å². The van der Waals surface area contributed by atoms with E-state index in [1.54, 1.807) is 7.11 Å². The molecule has 30 heavy (non-hydrogen) atoms. The first-order valence-corrected chi connectivity index (χ1v) is 10.1. The Hall–Kier alpha value is -3.47. The first-order chi connectivity index (χ1) is 14.6. The summed E-state index contributed by atoms with van der Waals surface area (Å²) in [5, 5.41) is 3.13. The van der Waals surface area contributed by atoms with Gasteiger partial charge in [-0.25, -0.2) is 0 Å². The van der Waals surface area contributed by atoms with Crippen LogP contribution in [0.2, 0.25) is 0 Å². The van der Waals surface area contributed by atoms with Crippen LogP contribution >= 0.6 is 0 Å². The van der Waals surface area contributed by atoms with Crippen LogP contribution in [0.15, 0.2) is 60.7 Å². The van der Waals surface area contributed by atoms with Gasteiger partial charge in [0, 0.05) is 5.69 Å². The van der Waals surface area contributed by atoms with E-state index in [-0.39, 0.29) is 12.7 Å². The van der Waals surface area contributed by atoms with Crippen molar-refractivity contribution in [3.05, 3.63) is 71.8 Å². The predicted octanol–water partition coefficient (Wildman–Crippen LogP) is 5.07. The van der Waals surface area contributed by atoms with Crippen molar-refractivity contribution in [3.63, 3.8) is 0 Å². The van der Waals surface area contributed by atoms with Gasteiger partial charge in [0.2, 0.25) is 12.7 Å². The number of benzene rings is 3. The van der Waals surface area contributed by atoms with Gasteiger partial charge in [-0.15, -0.1) is 0 Å². The minimum Gasteiger partial charge on any atom is -0.497 e. The number of carbonyl (C=O) groups is 1. The van der Waals surface area contributed by atoms with Gasteiger partial charge in [-0.3, -0.25) is 4.79 Å². The van der Waals surface area contributed by atoms with Crippen molar-refractivity contribution in [3.8, 4) is 28.4 Å². The molecule has 1 N–H and O–H groups in total. The molecule has 0 radical (unpaired) electrons. The average molecular weight is 401 g/mol. The summed E-state index contributed by atoms with van der Waals surface area (Å²) < 4.78 is 16.2. The lowest BCUT2D eigenvalue weighted by Crippen LogP contribution is -2.27. The number of ether oxygens (including phenoxy) is 3. The van der Waals surface area contributed by atoms with Gasteiger partial charge in [0.25, 0.3) is 0 Å². The fraction of sp³-hybridized carbons (Fsp3) is 0.240. The Kier molecular flexibility index (Phi) is 4.39. The molecule has 0 aromatic heterocycles. The minimum atomic E-state index is -0.498. The maximum atomic E-state index is 13.2. The highest BCUT2D eigenvalue weighted by Gasteiger charge is 2.51. The highest BCUT2D eigenvalue weighted by Crippen LogP contribution is 2.51. The molecule has 152 valence electrons. The zero-order chi connectivity index (χ0) is 20.7. The average Bonchev–Trinajstić information content (AvgIpc) is 3.46. The molecule has 0 saturated heterocycles. The molecule has 1 aliphatic heterocycles. The fourth-order valence-electron chi connectivity index (χ4n) is 4.02. The highest BCUT2D eigenvalue weighted by molar-refractivity contribution is 6.02. The van der Waals surface area contributed by atoms with Crippen LogP contribution in [0.3, 0.4) is 0 Å². The van der Waals surface area contributed by atoms with Crippen LogP contribution in [0.5, 0.6) is 17.2 Å². The summed E-state index contributed by atoms with van der Waals surface area (Å²) in [6, 6.07) is 19.7. The number of carbonyl (C=O) groups excluding carboxylic acids is 1. The quantitative estimate of drug-likeness (QED) is 0.649. The molecule has 0 spiro atoms. The molecule has 1 aliphatic carbocycles. The number of aryl methyl sites for hydroxylation is 1. The van der Waals surface area contributed by atoms with Crippen LogP contribution in [-0.4, -0.2) is 19.8 Å². The molecule has 1 heterocycles. The number of hydrogen-bond donors (Lipinski definition) is 1. The third-order valence-corrected chi connectivity index (χ3v) is 5.99. The maximum absolute atomic E-state index is 13.2. The molecule has 2 aliphatic rings. The molecule has 5 heteroatoms. The number of methoxy groups -OCH3 is 1. The molecule has 0 atom stereocenters. The van der Waals surface area contributed by atoms with Crippen molar-refractivity contribution in [2.24, 2.45) is 0 Å². The van der Waals surface area contributed by atoms with Gasteiger partial charge in [-0.05, 0) is 78.4 Å². The summed E-state index contributed by atoms with van der Waals surface area (Å²) in [4.78, 5) is 13.2. The molecule has 0 bridgehead atoms. The van der Waals surface area contributed by atoms with Gasteiger partial charge < -0.3 is 19.5 Å². The second-order valence-electron chi connectivity index (χ2n) is 7.87. The van der Waals surface area contributed by atoms with E-state index >= 15 is 0 Å². The number of hydrogen-bond acceptors (Lipinski definition) is 4. The van der Waals surface area contributed by atoms with Crippen molar-refractivity contribution in [1.29, 1.82) is 0 Å². The van der Waals surface area contributed by atoms with E-state index < -0.39 is 5.41 Å². The highest BCUT2D eigenvalue weighted by atomic mass is 16.7. The largest absolute Gasteiger partial charge is 0.497 e. The van der Waals surface area contributed by atoms with E-state index in [4.69, 9.17) is 14.2 Å². The Morgan fingerprint density at radius 1 is 1.00 bits per heavy atom. The summed E-state index contributed by atoms with van der Waals surface area (Å²) in [5.41, 5.74) is 4.53. The van der Waals surface area contributed by atoms with E-state index in [0.29, 0.717) is 5.75 Å². The summed E-state index contributed by atoms with van der Waals surface area (Å²) in [7, 11) is 1.66. The van der Waals surface area contributed by atoms with E-state index in [9.17, 15) is 4.79 Å². The Morgan fingerprint density at radius 2 is 1.83 bits per heavy atom. The first kappa shape index (κ1) is 18.6. The van der Waals surface area contributed by atoms with Crippen molar-refractivity contribution in [1.82, 2.24) is 0 Å². The second-order valence-corrected chi connectivity index (χ2v) is 7.87. The van der Waals surface area contributed by atoms with Crippen molar-refractivity contribution >= 4 is 11.6 Å². The summed E-state index contributed by atoms with van der Waals surface area (Å²) >= 11 is 0. The predicted molar refractivity (Wildman–Crippen MR) is 115 cm³/mol. The summed E-state index contributed by atoms with van der Waals surface area (Å²) in [6.45, 7) is 2.30. The number of anilines is 1. The molecule has 5 nitrogen and oxygen atoms in total. The van der Waals surface area contributed by atoms with Gasteiger partial charge in [0.05, 0.1) is 12.5 Å². The van der Waals surface area contributed by atoms with Crippen LogP contribution in [-0.2, 0) is 10.2 Å². The standard InChI is InChI=1S/C25H23NO4/c1-16-6-8-19(14-21(16)17-4-3-5-20(12-17)28-2)26-24(27)25(10-11-25)18-7-9-22-23(13-18)30-15-29-22/h3-9,12-14H,10-11,15H2,1-2H3,(H,26,27). The zero-order valence-electron chi connectivity index (χ0n) is 17.0. The third-order valence-electron chi connectivity index (χ3n) is 5.99. The second kappa shape index (κ2) is 7.10. The maximum Gasteiger partial charge on any atom is 0.235 e. The Bertz CT molecular complexity index is 1130. The van der Waals surface area contributed by atoms with Crippen molar-refractivity contribution in [2.45, 2.75) is 25.2 Å². The summed E-state index contributed by atoms with van der Waals surface area (Å²) in [5.74, 6) is 2.27. The Balaban J connectivity index is 1.41. The normalized spacial score (nSPS) is 15.5. The Morgan fingerprint density at radius 3 is 2.63 bits per heavy atom. The third kappa shape index (κ3) is 3.16. The minimum absolute atomic E-state index is 0.0156. The molecule has 1 amide bonds. The topological polar surface area (TPSA) is 56.8 Å². The summed E-state index contributed by atoms with van der Waals surface area (Å²) in [6.07, 6.45) is 1.65. The molecular formula is C25H23NO4. The lowest BCUT2D eigenvalue weighted by molar-refractivity contribution is -0.118. The van der Waals surface area contributed by atoms with Crippen LogP contribution < -0.4 is 19.5 Å². The smallest absolute Gasteiger partial charge is 0.235 e. The molecule has 1 fully saturated rings. The van der Waals surface area contributed by atoms with Gasteiger partial charge in [-0.2, -0.15) is 0 Å². The van der Waals surface area contributed by atoms with Crippen molar-refractivity contribution < 1.29 is 19.0 Å². The molecule has 3 aromatic rings. The van der Waals surface area contributed by atoms with Gasteiger partial charge >= 0.3 is 0 Å². The molecular weight excluding hydrogens is 378 g/mol. The molecule has 5 rings (SSSR count). The van der Waals surface area contributed by atoms with E-state index in [1.165, 1.54) is 0 Å². The first-order valence-electron chi connectivity index (χ1n) is 10.1. The van der Waals surface area contributed by atoms with Crippen molar-refractivity contribution in [2.75, 3.05) is 19.2 Å². The molecule has 1 saturated carbocycles. The van der Waals surface area contributed by atoms with Gasteiger partial charge in [0.1, 0.15) is 5.75 Å². The molecule has 3 aromatic carbocycles. The van der Waals surface area contributed by atoms with E-state index in [0.717, 1.165) is 52.3 Å². The lowest BCUT2D eigenvalue weighted by atomic mass is 9.94. The zero-order valence-corrected chi connectivity index (χ0v) is 17.0. The van der Waals surface area contributed by atoms with Crippen LogP contribution in [0.25, 0.3) is 11.1 Å². The van der Waals surface area contributed by atoms with Gasteiger partial charge in [-0.1, -0.05) is 24.3 Å². The van der Waals surface area contributed by atoms with Crippen LogP contribution in [0, 0.1) is 6.92 Å². The number of fused-ring (bicyclic) bond motifs is 1. The number of amides is 1. The fourth-order valence-corrected chi connectivity index (χ4v) is 4.02. The Labute approximate surface area is 175 Å². The monoisotopic (exact) mass is 401 g/mol. The lowest BCUT2D eigenvalue weighted by Gasteiger charge is -2.17. The SMILES string of the molecule is COc1cccc(-c2cc(NC(=O)C3(c4ccc5c(c4)OCO5)CC3)ccc2C)c1. The van der Waals surface area contributed by atoms with Crippen LogP contribution in [0.4, 0.5) is 5.69 Å². The van der Waals surface area contributed by atoms with E-state index in [2.05, 4.69) is 12.2 Å².